The van der Waals surface area contributed by atoms with Gasteiger partial charge in [0.1, 0.15) is 0 Å². The number of carbonyl (C=O) groups is 1. The maximum atomic E-state index is 11.1. The van der Waals surface area contributed by atoms with Crippen molar-refractivity contribution in [3.05, 3.63) is 71.4 Å². The van der Waals surface area contributed by atoms with Crippen molar-refractivity contribution in [1.29, 1.82) is 0 Å². The summed E-state index contributed by atoms with van der Waals surface area (Å²) in [4.78, 5) is 11.1. The normalized spacial score (nSPS) is 10.6. The molecular weight excluding hydrogens is 300 g/mol. The van der Waals surface area contributed by atoms with Gasteiger partial charge in [-0.15, -0.1) is 0 Å². The standard InChI is InChI=1S/C17H13ClN2O2/c18-14-6-8-15(9-7-14)20-11-13(10-16(21)22)17(19-20)12-4-2-1-3-5-12/h1-9,11H,10H2,(H,21,22). The Balaban J connectivity index is 2.08. The first-order valence-electron chi connectivity index (χ1n) is 6.75. The molecule has 1 heterocycles. The third-order valence-corrected chi connectivity index (χ3v) is 3.52. The summed E-state index contributed by atoms with van der Waals surface area (Å²) >= 11 is 5.89. The topological polar surface area (TPSA) is 55.1 Å². The molecule has 0 bridgehead atoms. The average molecular weight is 313 g/mol. The lowest BCUT2D eigenvalue weighted by molar-refractivity contribution is -0.136. The molecule has 110 valence electrons. The number of carboxylic acids is 1. The first-order valence-corrected chi connectivity index (χ1v) is 7.13. The van der Waals surface area contributed by atoms with E-state index >= 15 is 0 Å². The molecule has 0 amide bonds. The molecule has 22 heavy (non-hydrogen) atoms. The van der Waals surface area contributed by atoms with Crippen LogP contribution in [0.25, 0.3) is 16.9 Å². The van der Waals surface area contributed by atoms with Crippen molar-refractivity contribution in [2.75, 3.05) is 0 Å². The number of hydrogen-bond donors (Lipinski definition) is 1. The van der Waals surface area contributed by atoms with Crippen LogP contribution < -0.4 is 0 Å². The number of nitrogens with zero attached hydrogens (tertiary/aromatic N) is 2. The minimum Gasteiger partial charge on any atom is -0.481 e. The number of benzene rings is 2. The van der Waals surface area contributed by atoms with Crippen LogP contribution in [0.1, 0.15) is 5.56 Å². The smallest absolute Gasteiger partial charge is 0.307 e. The van der Waals surface area contributed by atoms with Gasteiger partial charge in [-0.1, -0.05) is 41.9 Å². The van der Waals surface area contributed by atoms with Crippen molar-refractivity contribution >= 4 is 17.6 Å². The van der Waals surface area contributed by atoms with E-state index < -0.39 is 5.97 Å². The molecule has 0 spiro atoms. The second-order valence-electron chi connectivity index (χ2n) is 4.86. The van der Waals surface area contributed by atoms with Gasteiger partial charge in [-0.3, -0.25) is 4.79 Å². The zero-order valence-electron chi connectivity index (χ0n) is 11.6. The third-order valence-electron chi connectivity index (χ3n) is 3.27. The summed E-state index contributed by atoms with van der Waals surface area (Å²) in [5, 5.41) is 14.3. The molecule has 1 N–H and O–H groups in total. The van der Waals surface area contributed by atoms with Crippen LogP contribution in [-0.4, -0.2) is 20.9 Å². The van der Waals surface area contributed by atoms with E-state index in [4.69, 9.17) is 16.7 Å². The molecule has 0 radical (unpaired) electrons. The SMILES string of the molecule is O=C(O)Cc1cn(-c2ccc(Cl)cc2)nc1-c1ccccc1. The average Bonchev–Trinajstić information content (AvgIpc) is 2.92. The maximum absolute atomic E-state index is 11.1. The number of rotatable bonds is 4. The Morgan fingerprint density at radius 2 is 1.77 bits per heavy atom. The van der Waals surface area contributed by atoms with Crippen LogP contribution in [0.5, 0.6) is 0 Å². The lowest BCUT2D eigenvalue weighted by atomic mass is 10.1. The summed E-state index contributed by atoms with van der Waals surface area (Å²) < 4.78 is 1.68. The molecule has 5 heteroatoms. The first-order chi connectivity index (χ1) is 10.6. The third kappa shape index (κ3) is 3.02. The van der Waals surface area contributed by atoms with Gasteiger partial charge in [-0.05, 0) is 24.3 Å². The molecule has 0 saturated carbocycles. The maximum Gasteiger partial charge on any atom is 0.307 e. The number of carboxylic acid groups (broad SMARTS) is 1. The molecule has 0 aliphatic heterocycles. The van der Waals surface area contributed by atoms with Gasteiger partial charge < -0.3 is 5.11 Å². The lowest BCUT2D eigenvalue weighted by Gasteiger charge is -2.01. The molecule has 3 aromatic rings. The molecular formula is C17H13ClN2O2. The van der Waals surface area contributed by atoms with Gasteiger partial charge in [0.25, 0.3) is 0 Å². The summed E-state index contributed by atoms with van der Waals surface area (Å²) in [5.41, 5.74) is 3.08. The Hall–Kier alpha value is -2.59. The highest BCUT2D eigenvalue weighted by atomic mass is 35.5. The van der Waals surface area contributed by atoms with E-state index in [0.29, 0.717) is 16.3 Å². The fourth-order valence-electron chi connectivity index (χ4n) is 2.27. The Labute approximate surface area is 132 Å². The zero-order valence-corrected chi connectivity index (χ0v) is 12.4. The molecule has 2 aromatic carbocycles. The van der Waals surface area contributed by atoms with Crippen molar-refractivity contribution < 1.29 is 9.90 Å². The van der Waals surface area contributed by atoms with Crippen molar-refractivity contribution in [2.24, 2.45) is 0 Å². The van der Waals surface area contributed by atoms with Crippen LogP contribution in [0.3, 0.4) is 0 Å². The van der Waals surface area contributed by atoms with E-state index in [1.807, 2.05) is 42.5 Å². The van der Waals surface area contributed by atoms with Crippen molar-refractivity contribution in [3.63, 3.8) is 0 Å². The largest absolute Gasteiger partial charge is 0.481 e. The first kappa shape index (κ1) is 14.4. The second kappa shape index (κ2) is 6.03. The zero-order chi connectivity index (χ0) is 15.5. The predicted molar refractivity (Wildman–Crippen MR) is 85.3 cm³/mol. The lowest BCUT2D eigenvalue weighted by Crippen LogP contribution is -2.00. The van der Waals surface area contributed by atoms with Gasteiger partial charge in [-0.2, -0.15) is 5.10 Å². The molecule has 0 aliphatic rings. The van der Waals surface area contributed by atoms with Gasteiger partial charge in [0.15, 0.2) is 0 Å². The molecule has 0 saturated heterocycles. The molecule has 4 nitrogen and oxygen atoms in total. The van der Waals surface area contributed by atoms with Crippen LogP contribution in [0.15, 0.2) is 60.8 Å². The Bertz CT molecular complexity index is 795. The Morgan fingerprint density at radius 1 is 1.09 bits per heavy atom. The molecule has 0 unspecified atom stereocenters. The van der Waals surface area contributed by atoms with Crippen LogP contribution in [-0.2, 0) is 11.2 Å². The highest BCUT2D eigenvalue weighted by molar-refractivity contribution is 6.30. The fraction of sp³-hybridized carbons (Fsp3) is 0.0588. The van der Waals surface area contributed by atoms with Crippen LogP contribution in [0, 0.1) is 0 Å². The molecule has 3 rings (SSSR count). The van der Waals surface area contributed by atoms with Crippen LogP contribution in [0.4, 0.5) is 0 Å². The monoisotopic (exact) mass is 312 g/mol. The summed E-state index contributed by atoms with van der Waals surface area (Å²) in [5.74, 6) is -0.882. The predicted octanol–water partition coefficient (Wildman–Crippen LogP) is 3.82. The quantitative estimate of drug-likeness (QED) is 0.796. The van der Waals surface area contributed by atoms with E-state index in [9.17, 15) is 4.79 Å². The Kier molecular flexibility index (Phi) is 3.94. The van der Waals surface area contributed by atoms with E-state index in [0.717, 1.165) is 11.3 Å². The van der Waals surface area contributed by atoms with Crippen LogP contribution in [0.2, 0.25) is 5.02 Å². The van der Waals surface area contributed by atoms with Gasteiger partial charge in [-0.25, -0.2) is 4.68 Å². The van der Waals surface area contributed by atoms with Crippen molar-refractivity contribution in [2.45, 2.75) is 6.42 Å². The summed E-state index contributed by atoms with van der Waals surface area (Å²) in [7, 11) is 0. The second-order valence-corrected chi connectivity index (χ2v) is 5.30. The molecule has 0 fully saturated rings. The van der Waals surface area contributed by atoms with E-state index in [-0.39, 0.29) is 6.42 Å². The summed E-state index contributed by atoms with van der Waals surface area (Å²) in [6.07, 6.45) is 1.68. The highest BCUT2D eigenvalue weighted by Crippen LogP contribution is 2.24. The Morgan fingerprint density at radius 3 is 2.41 bits per heavy atom. The number of aliphatic carboxylic acids is 1. The fourth-order valence-corrected chi connectivity index (χ4v) is 2.39. The van der Waals surface area contributed by atoms with E-state index in [1.54, 1.807) is 23.0 Å². The minimum absolute atomic E-state index is 0.0716. The minimum atomic E-state index is -0.882. The van der Waals surface area contributed by atoms with Crippen LogP contribution >= 0.6 is 11.6 Å². The number of halogens is 1. The molecule has 0 atom stereocenters. The van der Waals surface area contributed by atoms with Crippen molar-refractivity contribution in [1.82, 2.24) is 9.78 Å². The van der Waals surface area contributed by atoms with Gasteiger partial charge >= 0.3 is 5.97 Å². The highest BCUT2D eigenvalue weighted by Gasteiger charge is 2.14. The van der Waals surface area contributed by atoms with Crippen molar-refractivity contribution in [3.8, 4) is 16.9 Å². The van der Waals surface area contributed by atoms with E-state index in [1.165, 1.54) is 0 Å². The number of hydrogen-bond acceptors (Lipinski definition) is 2. The molecule has 1 aromatic heterocycles. The van der Waals surface area contributed by atoms with Gasteiger partial charge in [0, 0.05) is 22.3 Å². The molecule has 0 aliphatic carbocycles. The van der Waals surface area contributed by atoms with E-state index in [2.05, 4.69) is 5.10 Å². The summed E-state index contributed by atoms with van der Waals surface area (Å²) in [6.45, 7) is 0. The van der Waals surface area contributed by atoms with Gasteiger partial charge in [0.2, 0.25) is 0 Å². The number of aromatic nitrogens is 2. The summed E-state index contributed by atoms with van der Waals surface area (Å²) in [6, 6.07) is 16.8. The van der Waals surface area contributed by atoms with Gasteiger partial charge in [0.05, 0.1) is 17.8 Å².